The number of benzene rings is 1. The van der Waals surface area contributed by atoms with Crippen LogP contribution >= 0.6 is 0 Å². The number of nitrogens with two attached hydrogens (primary N) is 1. The van der Waals surface area contributed by atoms with Crippen molar-refractivity contribution in [3.05, 3.63) is 29.8 Å². The van der Waals surface area contributed by atoms with Crippen LogP contribution in [0.25, 0.3) is 0 Å². The van der Waals surface area contributed by atoms with Crippen LogP contribution < -0.4 is 10.5 Å². The Morgan fingerprint density at radius 1 is 1.35 bits per heavy atom. The topological polar surface area (TPSA) is 58.8 Å². The van der Waals surface area contributed by atoms with E-state index in [1.54, 1.807) is 0 Å². The molecule has 0 bridgehead atoms. The van der Waals surface area contributed by atoms with Gasteiger partial charge in [-0.15, -0.1) is 0 Å². The smallest absolute Gasteiger partial charge is 0.254 e. The van der Waals surface area contributed by atoms with E-state index in [1.165, 1.54) is 0 Å². The van der Waals surface area contributed by atoms with E-state index in [2.05, 4.69) is 11.9 Å². The molecule has 5 nitrogen and oxygen atoms in total. The summed E-state index contributed by atoms with van der Waals surface area (Å²) in [6.45, 7) is 5.51. The van der Waals surface area contributed by atoms with Crippen molar-refractivity contribution in [3.8, 4) is 5.75 Å². The van der Waals surface area contributed by atoms with Crippen LogP contribution in [-0.4, -0.2) is 61.6 Å². The minimum Gasteiger partial charge on any atom is -0.494 e. The third-order valence-electron chi connectivity index (χ3n) is 3.63. The predicted octanol–water partition coefficient (Wildman–Crippen LogP) is 0.800. The van der Waals surface area contributed by atoms with Crippen molar-refractivity contribution in [3.63, 3.8) is 0 Å². The summed E-state index contributed by atoms with van der Waals surface area (Å²) in [6, 6.07) is 7.40. The first-order valence-electron chi connectivity index (χ1n) is 7.08. The van der Waals surface area contributed by atoms with Gasteiger partial charge >= 0.3 is 0 Å². The lowest BCUT2D eigenvalue weighted by molar-refractivity contribution is 0.0516. The van der Waals surface area contributed by atoms with E-state index in [-0.39, 0.29) is 11.9 Å². The number of likely N-dealkylation sites (N-methyl/N-ethyl adjacent to an activating group) is 1. The molecule has 1 atom stereocenters. The molecule has 1 heterocycles. The van der Waals surface area contributed by atoms with Gasteiger partial charge in [0.25, 0.3) is 5.91 Å². The number of piperazine rings is 1. The van der Waals surface area contributed by atoms with E-state index < -0.39 is 0 Å². The fraction of sp³-hybridized carbons (Fsp3) is 0.533. The third-order valence-corrected chi connectivity index (χ3v) is 3.63. The predicted molar refractivity (Wildman–Crippen MR) is 79.0 cm³/mol. The molecule has 1 saturated heterocycles. The van der Waals surface area contributed by atoms with Gasteiger partial charge in [-0.05, 0) is 38.2 Å². The van der Waals surface area contributed by atoms with Crippen molar-refractivity contribution < 1.29 is 9.53 Å². The average molecular weight is 277 g/mol. The fourth-order valence-electron chi connectivity index (χ4n) is 2.51. The van der Waals surface area contributed by atoms with Crippen LogP contribution in [0.3, 0.4) is 0 Å². The highest BCUT2D eigenvalue weighted by molar-refractivity contribution is 5.94. The Balaban J connectivity index is 2.09. The molecule has 0 saturated carbocycles. The van der Waals surface area contributed by atoms with Crippen molar-refractivity contribution in [1.29, 1.82) is 0 Å². The number of hydrogen-bond acceptors (Lipinski definition) is 4. The van der Waals surface area contributed by atoms with Gasteiger partial charge in [0.2, 0.25) is 0 Å². The Labute approximate surface area is 120 Å². The average Bonchev–Trinajstić information content (AvgIpc) is 2.47. The normalized spacial score (nSPS) is 19.9. The van der Waals surface area contributed by atoms with Crippen molar-refractivity contribution >= 4 is 5.91 Å². The highest BCUT2D eigenvalue weighted by Crippen LogP contribution is 2.16. The Hall–Kier alpha value is -1.59. The zero-order valence-corrected chi connectivity index (χ0v) is 12.2. The minimum absolute atomic E-state index is 0.0524. The van der Waals surface area contributed by atoms with Crippen LogP contribution in [0.4, 0.5) is 0 Å². The molecule has 5 heteroatoms. The lowest BCUT2D eigenvalue weighted by atomic mass is 10.1. The second-order valence-electron chi connectivity index (χ2n) is 5.11. The van der Waals surface area contributed by atoms with Crippen LogP contribution in [0.15, 0.2) is 24.3 Å². The van der Waals surface area contributed by atoms with Crippen molar-refractivity contribution in [1.82, 2.24) is 9.80 Å². The van der Waals surface area contributed by atoms with Crippen molar-refractivity contribution in [2.75, 3.05) is 39.8 Å². The van der Waals surface area contributed by atoms with E-state index in [0.717, 1.165) is 25.4 Å². The van der Waals surface area contributed by atoms with Gasteiger partial charge < -0.3 is 20.3 Å². The summed E-state index contributed by atoms with van der Waals surface area (Å²) in [4.78, 5) is 16.6. The molecule has 2 N–H and O–H groups in total. The summed E-state index contributed by atoms with van der Waals surface area (Å²) in [7, 11) is 2.06. The van der Waals surface area contributed by atoms with E-state index in [9.17, 15) is 4.79 Å². The first-order chi connectivity index (χ1) is 9.65. The second-order valence-corrected chi connectivity index (χ2v) is 5.11. The zero-order chi connectivity index (χ0) is 14.5. The molecule has 20 heavy (non-hydrogen) atoms. The Morgan fingerprint density at radius 2 is 2.05 bits per heavy atom. The van der Waals surface area contributed by atoms with E-state index >= 15 is 0 Å². The maximum Gasteiger partial charge on any atom is 0.254 e. The molecule has 1 aromatic carbocycles. The van der Waals surface area contributed by atoms with Gasteiger partial charge in [-0.1, -0.05) is 0 Å². The van der Waals surface area contributed by atoms with Gasteiger partial charge in [0.15, 0.2) is 0 Å². The van der Waals surface area contributed by atoms with Gasteiger partial charge in [-0.2, -0.15) is 0 Å². The maximum absolute atomic E-state index is 12.6. The molecule has 1 amide bonds. The van der Waals surface area contributed by atoms with Gasteiger partial charge in [-0.25, -0.2) is 0 Å². The van der Waals surface area contributed by atoms with Crippen LogP contribution in [0, 0.1) is 0 Å². The zero-order valence-electron chi connectivity index (χ0n) is 12.2. The van der Waals surface area contributed by atoms with Crippen LogP contribution in [0.5, 0.6) is 5.75 Å². The van der Waals surface area contributed by atoms with Crippen molar-refractivity contribution in [2.45, 2.75) is 13.0 Å². The molecule has 0 aromatic heterocycles. The fourth-order valence-corrected chi connectivity index (χ4v) is 2.51. The van der Waals surface area contributed by atoms with Crippen LogP contribution in [-0.2, 0) is 0 Å². The number of amides is 1. The molecule has 1 aliphatic rings. The highest BCUT2D eigenvalue weighted by atomic mass is 16.5. The second kappa shape index (κ2) is 6.72. The number of carbonyl (C=O) groups is 1. The lowest BCUT2D eigenvalue weighted by Gasteiger charge is -2.39. The number of ether oxygens (including phenoxy) is 1. The van der Waals surface area contributed by atoms with Gasteiger partial charge in [-0.3, -0.25) is 4.79 Å². The SMILES string of the molecule is CCOc1ccc(C(=O)N2CCN(C)CC2CN)cc1. The lowest BCUT2D eigenvalue weighted by Crippen LogP contribution is -2.56. The molecule has 1 aliphatic heterocycles. The standard InChI is InChI=1S/C15H23N3O2/c1-3-20-14-6-4-12(5-7-14)15(19)18-9-8-17(2)11-13(18)10-16/h4-7,13H,3,8-11,16H2,1-2H3. The number of hydrogen-bond donors (Lipinski definition) is 1. The molecule has 1 fully saturated rings. The third kappa shape index (κ3) is 3.29. The molecular formula is C15H23N3O2. The quantitative estimate of drug-likeness (QED) is 0.884. The summed E-state index contributed by atoms with van der Waals surface area (Å²) in [5, 5.41) is 0. The number of nitrogens with zero attached hydrogens (tertiary/aromatic N) is 2. The minimum atomic E-state index is 0.0524. The van der Waals surface area contributed by atoms with Gasteiger partial charge in [0.05, 0.1) is 12.6 Å². The van der Waals surface area contributed by atoms with Gasteiger partial charge in [0, 0.05) is 31.7 Å². The largest absolute Gasteiger partial charge is 0.494 e. The Bertz CT molecular complexity index is 447. The van der Waals surface area contributed by atoms with Crippen LogP contribution in [0.1, 0.15) is 17.3 Å². The first-order valence-corrected chi connectivity index (χ1v) is 7.08. The molecule has 2 rings (SSSR count). The summed E-state index contributed by atoms with van der Waals surface area (Å²) in [5.41, 5.74) is 6.49. The monoisotopic (exact) mass is 277 g/mol. The maximum atomic E-state index is 12.6. The Kier molecular flexibility index (Phi) is 4.98. The van der Waals surface area contributed by atoms with Crippen molar-refractivity contribution in [2.24, 2.45) is 5.73 Å². The molecule has 1 aromatic rings. The summed E-state index contributed by atoms with van der Waals surface area (Å²) < 4.78 is 5.39. The Morgan fingerprint density at radius 3 is 2.65 bits per heavy atom. The van der Waals surface area contributed by atoms with E-state index in [1.807, 2.05) is 36.1 Å². The van der Waals surface area contributed by atoms with Gasteiger partial charge in [0.1, 0.15) is 5.75 Å². The van der Waals surface area contributed by atoms with E-state index in [0.29, 0.717) is 18.7 Å². The van der Waals surface area contributed by atoms with E-state index in [4.69, 9.17) is 10.5 Å². The molecule has 0 spiro atoms. The molecule has 110 valence electrons. The summed E-state index contributed by atoms with van der Waals surface area (Å²) >= 11 is 0. The first kappa shape index (κ1) is 14.8. The summed E-state index contributed by atoms with van der Waals surface area (Å²) in [6.07, 6.45) is 0. The van der Waals surface area contributed by atoms with Crippen LogP contribution in [0.2, 0.25) is 0 Å². The molecule has 0 aliphatic carbocycles. The molecule has 0 radical (unpaired) electrons. The molecule has 1 unspecified atom stereocenters. The summed E-state index contributed by atoms with van der Waals surface area (Å²) in [5.74, 6) is 0.842. The number of carbonyl (C=O) groups excluding carboxylic acids is 1. The molecular weight excluding hydrogens is 254 g/mol. The highest BCUT2D eigenvalue weighted by Gasteiger charge is 2.28. The number of rotatable bonds is 4.